The summed E-state index contributed by atoms with van der Waals surface area (Å²) in [6.45, 7) is 3.69. The molecule has 1 aromatic heterocycles. The zero-order valence-electron chi connectivity index (χ0n) is 19.3. The average molecular weight is 476 g/mol. The lowest BCUT2D eigenvalue weighted by Gasteiger charge is -2.38. The molecule has 6 nitrogen and oxygen atoms in total. The molecule has 5 rings (SSSR count). The summed E-state index contributed by atoms with van der Waals surface area (Å²) < 4.78 is 6.08. The maximum atomic E-state index is 13.1. The van der Waals surface area contributed by atoms with Crippen molar-refractivity contribution in [3.8, 4) is 5.75 Å². The molecule has 1 aliphatic carbocycles. The Morgan fingerprint density at radius 2 is 2.00 bits per heavy atom. The Balaban J connectivity index is 1.36. The first-order valence-corrected chi connectivity index (χ1v) is 12.9. The summed E-state index contributed by atoms with van der Waals surface area (Å²) in [5.41, 5.74) is 3.94. The van der Waals surface area contributed by atoms with E-state index in [-0.39, 0.29) is 23.8 Å². The van der Waals surface area contributed by atoms with E-state index in [9.17, 15) is 9.59 Å². The maximum absolute atomic E-state index is 13.1. The second-order valence-corrected chi connectivity index (χ2v) is 9.84. The van der Waals surface area contributed by atoms with Crippen LogP contribution in [0.15, 0.2) is 53.9 Å². The van der Waals surface area contributed by atoms with E-state index in [0.717, 1.165) is 54.1 Å². The van der Waals surface area contributed by atoms with Gasteiger partial charge in [-0.15, -0.1) is 11.3 Å². The van der Waals surface area contributed by atoms with Gasteiger partial charge in [-0.1, -0.05) is 43.3 Å². The number of nitrogens with zero attached hydrogens (tertiary/aromatic N) is 2. The van der Waals surface area contributed by atoms with Gasteiger partial charge in [0.15, 0.2) is 0 Å². The Morgan fingerprint density at radius 3 is 2.76 bits per heavy atom. The molecule has 3 aromatic rings. The second kappa shape index (κ2) is 9.97. The van der Waals surface area contributed by atoms with Gasteiger partial charge in [0, 0.05) is 24.4 Å². The van der Waals surface area contributed by atoms with Crippen LogP contribution in [0.5, 0.6) is 5.75 Å². The summed E-state index contributed by atoms with van der Waals surface area (Å²) in [4.78, 5) is 31.7. The number of hydrogen-bond acceptors (Lipinski definition) is 5. The predicted octanol–water partition coefficient (Wildman–Crippen LogP) is 4.75. The van der Waals surface area contributed by atoms with Crippen molar-refractivity contribution in [2.75, 3.05) is 13.1 Å². The van der Waals surface area contributed by atoms with E-state index in [1.54, 1.807) is 5.38 Å². The summed E-state index contributed by atoms with van der Waals surface area (Å²) in [5.74, 6) is 1.04. The minimum atomic E-state index is -0.149. The summed E-state index contributed by atoms with van der Waals surface area (Å²) in [6.07, 6.45) is 3.73. The standard InChI is InChI=1S/C27H29N3O3S/c1-2-13-28-26(31)23-17-34-24(29-23)16-33-21-11-10-18-12-14-30(27(32)20-8-9-20)25(22(18)15-21)19-6-4-3-5-7-19/h3-7,10-11,15,17,20,25H,2,8-9,12-14,16H2,1H3,(H,28,31). The van der Waals surface area contributed by atoms with E-state index >= 15 is 0 Å². The van der Waals surface area contributed by atoms with Crippen molar-refractivity contribution in [3.05, 3.63) is 81.3 Å². The molecule has 0 saturated heterocycles. The lowest BCUT2D eigenvalue weighted by Crippen LogP contribution is -2.41. The van der Waals surface area contributed by atoms with Crippen LogP contribution in [-0.2, 0) is 17.8 Å². The van der Waals surface area contributed by atoms with Gasteiger partial charge in [-0.2, -0.15) is 0 Å². The summed E-state index contributed by atoms with van der Waals surface area (Å²) in [5, 5.41) is 5.37. The highest BCUT2D eigenvalue weighted by Crippen LogP contribution is 2.41. The van der Waals surface area contributed by atoms with Crippen molar-refractivity contribution < 1.29 is 14.3 Å². The third-order valence-electron chi connectivity index (χ3n) is 6.35. The van der Waals surface area contributed by atoms with Crippen LogP contribution in [-0.4, -0.2) is 34.8 Å². The highest BCUT2D eigenvalue weighted by atomic mass is 32.1. The number of ether oxygens (including phenoxy) is 1. The van der Waals surface area contributed by atoms with Gasteiger partial charge in [0.05, 0.1) is 6.04 Å². The van der Waals surface area contributed by atoms with Gasteiger partial charge < -0.3 is 15.0 Å². The molecule has 0 bridgehead atoms. The topological polar surface area (TPSA) is 71.5 Å². The maximum Gasteiger partial charge on any atom is 0.270 e. The Morgan fingerprint density at radius 1 is 1.18 bits per heavy atom. The largest absolute Gasteiger partial charge is 0.486 e. The molecule has 1 fully saturated rings. The first kappa shape index (κ1) is 22.6. The lowest BCUT2D eigenvalue weighted by molar-refractivity contribution is -0.134. The lowest BCUT2D eigenvalue weighted by atomic mass is 9.87. The van der Waals surface area contributed by atoms with E-state index in [4.69, 9.17) is 4.74 Å². The Kier molecular flexibility index (Phi) is 6.63. The fourth-order valence-corrected chi connectivity index (χ4v) is 5.12. The number of aromatic nitrogens is 1. The molecule has 7 heteroatoms. The molecule has 2 aliphatic rings. The molecule has 2 amide bonds. The van der Waals surface area contributed by atoms with Crippen LogP contribution >= 0.6 is 11.3 Å². The van der Waals surface area contributed by atoms with Gasteiger partial charge >= 0.3 is 0 Å². The molecule has 1 saturated carbocycles. The number of hydrogen-bond donors (Lipinski definition) is 1. The Hall–Kier alpha value is -3.19. The number of benzene rings is 2. The van der Waals surface area contributed by atoms with E-state index in [0.29, 0.717) is 18.8 Å². The third-order valence-corrected chi connectivity index (χ3v) is 7.18. The molecular formula is C27H29N3O3S. The number of amides is 2. The predicted molar refractivity (Wildman–Crippen MR) is 132 cm³/mol. The van der Waals surface area contributed by atoms with Gasteiger partial charge in [0.25, 0.3) is 5.91 Å². The monoisotopic (exact) mass is 475 g/mol. The summed E-state index contributed by atoms with van der Waals surface area (Å²) >= 11 is 1.42. The van der Waals surface area contributed by atoms with Crippen molar-refractivity contribution in [1.29, 1.82) is 0 Å². The normalized spacial score (nSPS) is 17.2. The number of carbonyl (C=O) groups excluding carboxylic acids is 2. The summed E-state index contributed by atoms with van der Waals surface area (Å²) in [6, 6.07) is 16.3. The molecular weight excluding hydrogens is 446 g/mol. The minimum Gasteiger partial charge on any atom is -0.486 e. The van der Waals surface area contributed by atoms with Gasteiger partial charge in [-0.05, 0) is 54.5 Å². The van der Waals surface area contributed by atoms with E-state index in [1.165, 1.54) is 16.9 Å². The van der Waals surface area contributed by atoms with Crippen molar-refractivity contribution >= 4 is 23.2 Å². The zero-order valence-corrected chi connectivity index (χ0v) is 20.1. The van der Waals surface area contributed by atoms with Gasteiger partial charge in [0.2, 0.25) is 5.91 Å². The molecule has 34 heavy (non-hydrogen) atoms. The van der Waals surface area contributed by atoms with Crippen LogP contribution in [0.2, 0.25) is 0 Å². The van der Waals surface area contributed by atoms with Crippen LogP contribution in [0.4, 0.5) is 0 Å². The molecule has 1 N–H and O–H groups in total. The highest BCUT2D eigenvalue weighted by molar-refractivity contribution is 7.09. The first-order valence-electron chi connectivity index (χ1n) is 12.0. The Labute approximate surface area is 204 Å². The number of nitrogens with one attached hydrogen (secondary N) is 1. The molecule has 0 spiro atoms. The van der Waals surface area contributed by atoms with Crippen LogP contribution in [0, 0.1) is 5.92 Å². The quantitative estimate of drug-likeness (QED) is 0.511. The van der Waals surface area contributed by atoms with Crippen LogP contribution in [0.25, 0.3) is 0 Å². The van der Waals surface area contributed by atoms with Crippen molar-refractivity contribution in [2.24, 2.45) is 5.92 Å². The number of carbonyl (C=O) groups is 2. The second-order valence-electron chi connectivity index (χ2n) is 8.90. The zero-order chi connectivity index (χ0) is 23.5. The molecule has 2 aromatic carbocycles. The van der Waals surface area contributed by atoms with Crippen LogP contribution in [0.3, 0.4) is 0 Å². The fraction of sp³-hybridized carbons (Fsp3) is 0.370. The van der Waals surface area contributed by atoms with Crippen molar-refractivity contribution in [3.63, 3.8) is 0 Å². The first-order chi connectivity index (χ1) is 16.6. The van der Waals surface area contributed by atoms with Gasteiger partial charge in [-0.3, -0.25) is 9.59 Å². The van der Waals surface area contributed by atoms with Crippen LogP contribution in [0.1, 0.15) is 64.4 Å². The van der Waals surface area contributed by atoms with Crippen molar-refractivity contribution in [2.45, 2.75) is 45.3 Å². The average Bonchev–Trinajstić information content (AvgIpc) is 3.62. The number of rotatable bonds is 8. The van der Waals surface area contributed by atoms with E-state index in [2.05, 4.69) is 39.5 Å². The fourth-order valence-electron chi connectivity index (χ4n) is 4.44. The van der Waals surface area contributed by atoms with E-state index < -0.39 is 0 Å². The van der Waals surface area contributed by atoms with E-state index in [1.807, 2.05) is 31.2 Å². The van der Waals surface area contributed by atoms with Gasteiger partial charge in [-0.25, -0.2) is 4.98 Å². The Bertz CT molecular complexity index is 1170. The van der Waals surface area contributed by atoms with Crippen LogP contribution < -0.4 is 10.1 Å². The molecule has 0 radical (unpaired) electrons. The molecule has 1 atom stereocenters. The number of fused-ring (bicyclic) bond motifs is 1. The van der Waals surface area contributed by atoms with Crippen molar-refractivity contribution in [1.82, 2.24) is 15.2 Å². The molecule has 176 valence electrons. The van der Waals surface area contributed by atoms with Gasteiger partial charge in [0.1, 0.15) is 23.1 Å². The smallest absolute Gasteiger partial charge is 0.270 e. The highest BCUT2D eigenvalue weighted by Gasteiger charge is 2.39. The SMILES string of the molecule is CCCNC(=O)c1csc(COc2ccc3c(c2)C(c2ccccc2)N(C(=O)C2CC2)CC3)n1. The minimum absolute atomic E-state index is 0.102. The molecule has 2 heterocycles. The molecule has 1 aliphatic heterocycles. The number of thiazole rings is 1. The third kappa shape index (κ3) is 4.85. The molecule has 1 unspecified atom stereocenters. The summed E-state index contributed by atoms with van der Waals surface area (Å²) in [7, 11) is 0.